The molecule has 0 bridgehead atoms. The zero-order valence-electron chi connectivity index (χ0n) is 11.0. The smallest absolute Gasteiger partial charge is 0.138 e. The fourth-order valence-corrected chi connectivity index (χ4v) is 2.64. The van der Waals surface area contributed by atoms with E-state index < -0.39 is 0 Å². The van der Waals surface area contributed by atoms with Crippen molar-refractivity contribution >= 4 is 11.0 Å². The van der Waals surface area contributed by atoms with Gasteiger partial charge in [-0.1, -0.05) is 18.2 Å². The van der Waals surface area contributed by atoms with Gasteiger partial charge in [-0.15, -0.1) is 0 Å². The van der Waals surface area contributed by atoms with Crippen molar-refractivity contribution in [1.82, 2.24) is 9.97 Å². The number of imidazole rings is 1. The van der Waals surface area contributed by atoms with E-state index in [-0.39, 0.29) is 0 Å². The minimum Gasteiger partial charge on any atom is -0.372 e. The third-order valence-electron chi connectivity index (χ3n) is 3.78. The molecule has 0 saturated carbocycles. The molecule has 0 fully saturated rings. The Morgan fingerprint density at radius 3 is 2.90 bits per heavy atom. The van der Waals surface area contributed by atoms with Crippen LogP contribution in [-0.2, 0) is 24.5 Å². The second-order valence-electron chi connectivity index (χ2n) is 5.12. The third kappa shape index (κ3) is 1.81. The highest BCUT2D eigenvalue weighted by atomic mass is 16.5. The lowest BCUT2D eigenvalue weighted by Crippen LogP contribution is -1.95. The highest BCUT2D eigenvalue weighted by Gasteiger charge is 2.13. The van der Waals surface area contributed by atoms with Gasteiger partial charge in [-0.25, -0.2) is 4.98 Å². The van der Waals surface area contributed by atoms with E-state index in [4.69, 9.17) is 10.5 Å². The van der Waals surface area contributed by atoms with Crippen LogP contribution < -0.4 is 5.73 Å². The van der Waals surface area contributed by atoms with Crippen molar-refractivity contribution < 1.29 is 4.74 Å². The molecule has 4 nitrogen and oxygen atoms in total. The molecule has 0 aliphatic carbocycles. The molecule has 0 atom stereocenters. The number of nitrogens with zero attached hydrogens (tertiary/aromatic N) is 1. The molecule has 4 heteroatoms. The normalized spacial score (nSPS) is 13.8. The molecule has 1 aliphatic heterocycles. The van der Waals surface area contributed by atoms with Gasteiger partial charge in [0.2, 0.25) is 0 Å². The number of benzene rings is 2. The molecule has 0 radical (unpaired) electrons. The summed E-state index contributed by atoms with van der Waals surface area (Å²) in [5.74, 6) is 0.892. The van der Waals surface area contributed by atoms with Crippen LogP contribution in [0, 0.1) is 0 Å². The van der Waals surface area contributed by atoms with Crippen LogP contribution in [-0.4, -0.2) is 9.97 Å². The van der Waals surface area contributed by atoms with Gasteiger partial charge in [0.05, 0.1) is 24.2 Å². The third-order valence-corrected chi connectivity index (χ3v) is 3.78. The molecule has 4 rings (SSSR count). The number of hydrogen-bond acceptors (Lipinski definition) is 3. The molecule has 100 valence electrons. The molecule has 0 saturated heterocycles. The summed E-state index contributed by atoms with van der Waals surface area (Å²) in [6.07, 6.45) is 0. The van der Waals surface area contributed by atoms with Gasteiger partial charge < -0.3 is 15.5 Å². The van der Waals surface area contributed by atoms with Gasteiger partial charge in [0.1, 0.15) is 5.82 Å². The number of ether oxygens (including phenoxy) is 1. The van der Waals surface area contributed by atoms with E-state index in [1.165, 1.54) is 11.1 Å². The molecule has 0 amide bonds. The second-order valence-corrected chi connectivity index (χ2v) is 5.12. The first-order valence-corrected chi connectivity index (χ1v) is 6.72. The predicted molar refractivity (Wildman–Crippen MR) is 77.9 cm³/mol. The van der Waals surface area contributed by atoms with Crippen LogP contribution in [0.15, 0.2) is 36.4 Å². The quantitative estimate of drug-likeness (QED) is 0.748. The number of nitrogens with two attached hydrogens (primary N) is 1. The Hall–Kier alpha value is -2.17. The Kier molecular flexibility index (Phi) is 2.58. The number of hydrogen-bond donors (Lipinski definition) is 2. The van der Waals surface area contributed by atoms with Gasteiger partial charge >= 0.3 is 0 Å². The Bertz CT molecular complexity index is 792. The van der Waals surface area contributed by atoms with Gasteiger partial charge in [-0.2, -0.15) is 0 Å². The van der Waals surface area contributed by atoms with Crippen molar-refractivity contribution in [3.05, 3.63) is 53.1 Å². The van der Waals surface area contributed by atoms with Gasteiger partial charge in [-0.3, -0.25) is 0 Å². The summed E-state index contributed by atoms with van der Waals surface area (Å²) in [7, 11) is 0. The molecule has 2 heterocycles. The average molecular weight is 265 g/mol. The molecule has 2 aromatic carbocycles. The van der Waals surface area contributed by atoms with Crippen LogP contribution in [0.3, 0.4) is 0 Å². The van der Waals surface area contributed by atoms with Crippen LogP contribution in [0.2, 0.25) is 0 Å². The lowest BCUT2D eigenvalue weighted by Gasteiger charge is -2.00. The zero-order chi connectivity index (χ0) is 13.5. The van der Waals surface area contributed by atoms with Gasteiger partial charge in [0.25, 0.3) is 0 Å². The van der Waals surface area contributed by atoms with E-state index in [0.717, 1.165) is 34.6 Å². The second kappa shape index (κ2) is 4.44. The largest absolute Gasteiger partial charge is 0.372 e. The average Bonchev–Trinajstić information content (AvgIpc) is 3.11. The molecule has 1 aromatic heterocycles. The standard InChI is InChI=1S/C16H15N3O/c17-7-10-1-4-14-15(5-10)19-16(18-14)11-2-3-12-8-20-9-13(12)6-11/h1-6H,7-9,17H2,(H,18,19). The number of aromatic amines is 1. The number of aromatic nitrogens is 2. The van der Waals surface area contributed by atoms with E-state index in [0.29, 0.717) is 13.2 Å². The van der Waals surface area contributed by atoms with E-state index in [1.807, 2.05) is 12.1 Å². The topological polar surface area (TPSA) is 63.9 Å². The van der Waals surface area contributed by atoms with E-state index in [2.05, 4.69) is 34.2 Å². The molecule has 3 N–H and O–H groups in total. The zero-order valence-corrected chi connectivity index (χ0v) is 11.0. The fourth-order valence-electron chi connectivity index (χ4n) is 2.64. The number of H-pyrrole nitrogens is 1. The molecule has 0 spiro atoms. The molecule has 1 aliphatic rings. The van der Waals surface area contributed by atoms with Crippen molar-refractivity contribution in [2.45, 2.75) is 19.8 Å². The maximum Gasteiger partial charge on any atom is 0.138 e. The highest BCUT2D eigenvalue weighted by molar-refractivity contribution is 5.80. The van der Waals surface area contributed by atoms with Crippen molar-refractivity contribution in [3.8, 4) is 11.4 Å². The summed E-state index contributed by atoms with van der Waals surface area (Å²) in [5.41, 5.74) is 12.4. The first-order chi connectivity index (χ1) is 9.83. The molecule has 0 unspecified atom stereocenters. The highest BCUT2D eigenvalue weighted by Crippen LogP contribution is 2.27. The van der Waals surface area contributed by atoms with Crippen molar-refractivity contribution in [1.29, 1.82) is 0 Å². The Labute approximate surface area is 116 Å². The summed E-state index contributed by atoms with van der Waals surface area (Å²) < 4.78 is 5.45. The summed E-state index contributed by atoms with van der Waals surface area (Å²) in [4.78, 5) is 8.02. The molecular formula is C16H15N3O. The molecule has 3 aromatic rings. The Balaban J connectivity index is 1.81. The SMILES string of the molecule is NCc1ccc2nc(-c3ccc4c(c3)COC4)[nH]c2c1. The summed E-state index contributed by atoms with van der Waals surface area (Å²) in [5, 5.41) is 0. The van der Waals surface area contributed by atoms with Crippen LogP contribution in [0.5, 0.6) is 0 Å². The van der Waals surface area contributed by atoms with Crippen LogP contribution >= 0.6 is 0 Å². The Morgan fingerprint density at radius 1 is 1.10 bits per heavy atom. The number of fused-ring (bicyclic) bond motifs is 2. The van der Waals surface area contributed by atoms with Crippen LogP contribution in [0.25, 0.3) is 22.4 Å². The lowest BCUT2D eigenvalue weighted by atomic mass is 10.1. The monoisotopic (exact) mass is 265 g/mol. The first kappa shape index (κ1) is 11.6. The van der Waals surface area contributed by atoms with Gasteiger partial charge in [-0.05, 0) is 34.9 Å². The van der Waals surface area contributed by atoms with Crippen molar-refractivity contribution in [2.75, 3.05) is 0 Å². The maximum absolute atomic E-state index is 5.67. The summed E-state index contributed by atoms with van der Waals surface area (Å²) in [6, 6.07) is 12.5. The summed E-state index contributed by atoms with van der Waals surface area (Å²) in [6.45, 7) is 1.96. The Morgan fingerprint density at radius 2 is 2.00 bits per heavy atom. The minimum absolute atomic E-state index is 0.542. The van der Waals surface area contributed by atoms with Crippen LogP contribution in [0.1, 0.15) is 16.7 Å². The molecular weight excluding hydrogens is 250 g/mol. The molecule has 20 heavy (non-hydrogen) atoms. The van der Waals surface area contributed by atoms with Gasteiger partial charge in [0, 0.05) is 12.1 Å². The van der Waals surface area contributed by atoms with E-state index in [9.17, 15) is 0 Å². The predicted octanol–water partition coefficient (Wildman–Crippen LogP) is 2.72. The maximum atomic E-state index is 5.67. The van der Waals surface area contributed by atoms with Gasteiger partial charge in [0.15, 0.2) is 0 Å². The number of nitrogens with one attached hydrogen (secondary N) is 1. The van der Waals surface area contributed by atoms with E-state index >= 15 is 0 Å². The fraction of sp³-hybridized carbons (Fsp3) is 0.188. The number of rotatable bonds is 2. The summed E-state index contributed by atoms with van der Waals surface area (Å²) >= 11 is 0. The van der Waals surface area contributed by atoms with Crippen molar-refractivity contribution in [2.24, 2.45) is 5.73 Å². The van der Waals surface area contributed by atoms with Crippen LogP contribution in [0.4, 0.5) is 0 Å². The lowest BCUT2D eigenvalue weighted by molar-refractivity contribution is 0.134. The first-order valence-electron chi connectivity index (χ1n) is 6.72. The van der Waals surface area contributed by atoms with Crippen molar-refractivity contribution in [3.63, 3.8) is 0 Å². The van der Waals surface area contributed by atoms with E-state index in [1.54, 1.807) is 0 Å². The minimum atomic E-state index is 0.542.